The highest BCUT2D eigenvalue weighted by Crippen LogP contribution is 2.62. The third-order valence-corrected chi connectivity index (χ3v) is 8.11. The van der Waals surface area contributed by atoms with E-state index in [0.29, 0.717) is 18.1 Å². The molecule has 1 spiro atoms. The maximum atomic E-state index is 13.3. The second-order valence-electron chi connectivity index (χ2n) is 7.92. The minimum absolute atomic E-state index is 0.0293. The molecule has 1 aromatic carbocycles. The first-order chi connectivity index (χ1) is 14.8. The van der Waals surface area contributed by atoms with Gasteiger partial charge in [0, 0.05) is 33.3 Å². The molecule has 0 aliphatic heterocycles. The van der Waals surface area contributed by atoms with Crippen molar-refractivity contribution in [3.05, 3.63) is 46.1 Å². The Morgan fingerprint density at radius 1 is 1.26 bits per heavy atom. The van der Waals surface area contributed by atoms with E-state index in [2.05, 4.69) is 43.8 Å². The minimum Gasteiger partial charge on any atom is -0.495 e. The van der Waals surface area contributed by atoms with Crippen LogP contribution in [0.15, 0.2) is 44.4 Å². The zero-order chi connectivity index (χ0) is 22.0. The summed E-state index contributed by atoms with van der Waals surface area (Å²) in [7, 11) is -1.37. The van der Waals surface area contributed by atoms with Gasteiger partial charge in [-0.1, -0.05) is 34.1 Å². The minimum atomic E-state index is -4.11. The van der Waals surface area contributed by atoms with Crippen molar-refractivity contribution in [2.75, 3.05) is 18.9 Å². The number of halogens is 1. The summed E-state index contributed by atoms with van der Waals surface area (Å²) < 4.78 is 46.1. The maximum Gasteiger partial charge on any atom is 0.272 e. The Morgan fingerprint density at radius 3 is 2.71 bits per heavy atom. The third-order valence-electron chi connectivity index (χ3n) is 6.25. The number of fused-ring (bicyclic) bond motifs is 4. The van der Waals surface area contributed by atoms with E-state index >= 15 is 0 Å². The molecule has 2 atom stereocenters. The van der Waals surface area contributed by atoms with E-state index < -0.39 is 10.0 Å². The number of hydrogen-bond donors (Lipinski definition) is 1. The molecule has 3 aromatic rings. The van der Waals surface area contributed by atoms with Gasteiger partial charge in [0.25, 0.3) is 10.0 Å². The van der Waals surface area contributed by atoms with Crippen molar-refractivity contribution >= 4 is 31.8 Å². The number of sulfonamides is 1. The van der Waals surface area contributed by atoms with Crippen molar-refractivity contribution in [3.63, 3.8) is 0 Å². The van der Waals surface area contributed by atoms with Crippen LogP contribution in [0.4, 0.5) is 5.82 Å². The summed E-state index contributed by atoms with van der Waals surface area (Å²) in [5.41, 5.74) is 2.88. The van der Waals surface area contributed by atoms with E-state index in [4.69, 9.17) is 14.0 Å². The fourth-order valence-corrected chi connectivity index (χ4v) is 6.23. The lowest BCUT2D eigenvalue weighted by Crippen LogP contribution is -2.21. The first-order valence-corrected chi connectivity index (χ1v) is 12.0. The van der Waals surface area contributed by atoms with Gasteiger partial charge in [-0.2, -0.15) is 0 Å². The van der Waals surface area contributed by atoms with Gasteiger partial charge in [-0.05, 0) is 36.5 Å². The van der Waals surface area contributed by atoms with E-state index in [9.17, 15) is 8.42 Å². The topological polar surface area (TPSA) is 104 Å². The maximum absolute atomic E-state index is 13.3. The largest absolute Gasteiger partial charge is 0.495 e. The van der Waals surface area contributed by atoms with Crippen molar-refractivity contribution in [2.24, 2.45) is 5.92 Å². The number of nitrogens with one attached hydrogen (secondary N) is 1. The lowest BCUT2D eigenvalue weighted by molar-refractivity contribution is 0.361. The lowest BCUT2D eigenvalue weighted by Gasteiger charge is -2.25. The standard InChI is InChI=1S/C21H20BrN3O5S/c1-11-9-21(11)10-14-17(13-8-12(22)4-5-15(13)21)30-24-19(14)25-31(26,27)18-16(28-2)6-7-23-20(18)29-3/h4-8,11H,9-10H2,1-3H3,(H,24,25). The van der Waals surface area contributed by atoms with Crippen molar-refractivity contribution < 1.29 is 22.4 Å². The van der Waals surface area contributed by atoms with Crippen molar-refractivity contribution in [3.8, 4) is 23.0 Å². The molecule has 0 saturated heterocycles. The fraction of sp³-hybridized carbons (Fsp3) is 0.333. The molecule has 0 amide bonds. The normalized spacial score (nSPS) is 21.4. The molecule has 2 aromatic heterocycles. The molecule has 0 radical (unpaired) electrons. The first-order valence-electron chi connectivity index (χ1n) is 9.69. The number of hydrogen-bond acceptors (Lipinski definition) is 7. The molecule has 0 bridgehead atoms. The Balaban J connectivity index is 1.61. The molecule has 2 aliphatic carbocycles. The van der Waals surface area contributed by atoms with Crippen molar-refractivity contribution in [2.45, 2.75) is 30.1 Å². The highest BCUT2D eigenvalue weighted by Gasteiger charge is 2.56. The number of methoxy groups -OCH3 is 2. The smallest absolute Gasteiger partial charge is 0.272 e. The number of benzene rings is 1. The average molecular weight is 506 g/mol. The number of ether oxygens (including phenoxy) is 2. The predicted octanol–water partition coefficient (Wildman–Crippen LogP) is 4.15. The Hall–Kier alpha value is -2.59. The molecular weight excluding hydrogens is 486 g/mol. The molecule has 10 heteroatoms. The van der Waals surface area contributed by atoms with Crippen LogP contribution in [0, 0.1) is 5.92 Å². The van der Waals surface area contributed by atoms with Gasteiger partial charge in [-0.25, -0.2) is 13.4 Å². The van der Waals surface area contributed by atoms with E-state index in [1.165, 1.54) is 32.0 Å². The van der Waals surface area contributed by atoms with Gasteiger partial charge in [-0.3, -0.25) is 4.72 Å². The second-order valence-corrected chi connectivity index (χ2v) is 10.5. The van der Waals surface area contributed by atoms with Crippen molar-refractivity contribution in [1.29, 1.82) is 0 Å². The number of nitrogens with zero attached hydrogens (tertiary/aromatic N) is 2. The number of anilines is 1. The quantitative estimate of drug-likeness (QED) is 0.555. The second kappa shape index (κ2) is 6.96. The molecule has 2 heterocycles. The molecule has 31 heavy (non-hydrogen) atoms. The van der Waals surface area contributed by atoms with E-state index in [1.54, 1.807) is 0 Å². The van der Waals surface area contributed by atoms with E-state index in [0.717, 1.165) is 22.0 Å². The van der Waals surface area contributed by atoms with Crippen LogP contribution in [0.25, 0.3) is 11.3 Å². The van der Waals surface area contributed by atoms with E-state index in [1.807, 2.05) is 12.1 Å². The zero-order valence-electron chi connectivity index (χ0n) is 17.1. The van der Waals surface area contributed by atoms with Gasteiger partial charge in [0.1, 0.15) is 5.75 Å². The molecule has 8 nitrogen and oxygen atoms in total. The number of aromatic nitrogens is 2. The summed E-state index contributed by atoms with van der Waals surface area (Å²) in [6.45, 7) is 2.21. The van der Waals surface area contributed by atoms with Crippen LogP contribution >= 0.6 is 15.9 Å². The lowest BCUT2D eigenvalue weighted by atomic mass is 9.78. The molecular formula is C21H20BrN3O5S. The molecule has 2 aliphatic rings. The Morgan fingerprint density at radius 2 is 2.03 bits per heavy atom. The summed E-state index contributed by atoms with van der Waals surface area (Å²) in [4.78, 5) is 3.81. The summed E-state index contributed by atoms with van der Waals surface area (Å²) in [5, 5.41) is 4.08. The summed E-state index contributed by atoms with van der Waals surface area (Å²) in [6.07, 6.45) is 3.10. The van der Waals surface area contributed by atoms with Crippen LogP contribution < -0.4 is 14.2 Å². The third kappa shape index (κ3) is 3.03. The highest BCUT2D eigenvalue weighted by molar-refractivity contribution is 9.10. The Labute approximate surface area is 188 Å². The summed E-state index contributed by atoms with van der Waals surface area (Å²) in [6, 6.07) is 7.60. The Kier molecular flexibility index (Phi) is 4.56. The summed E-state index contributed by atoms with van der Waals surface area (Å²) >= 11 is 3.52. The molecule has 1 saturated carbocycles. The molecule has 162 valence electrons. The monoisotopic (exact) mass is 505 g/mol. The van der Waals surface area contributed by atoms with Crippen LogP contribution in [-0.2, 0) is 21.9 Å². The van der Waals surface area contributed by atoms with Gasteiger partial charge in [0.05, 0.1) is 14.2 Å². The predicted molar refractivity (Wildman–Crippen MR) is 117 cm³/mol. The van der Waals surface area contributed by atoms with Gasteiger partial charge >= 0.3 is 0 Å². The fourth-order valence-electron chi connectivity index (χ4n) is 4.57. The van der Waals surface area contributed by atoms with Gasteiger partial charge in [0.15, 0.2) is 16.5 Å². The molecule has 1 fully saturated rings. The average Bonchev–Trinajstić information content (AvgIpc) is 3.21. The molecule has 5 rings (SSSR count). The Bertz CT molecular complexity index is 1280. The number of pyridine rings is 1. The van der Waals surface area contributed by atoms with E-state index in [-0.39, 0.29) is 27.8 Å². The van der Waals surface area contributed by atoms with Gasteiger partial charge < -0.3 is 14.0 Å². The van der Waals surface area contributed by atoms with Crippen LogP contribution in [0.1, 0.15) is 24.5 Å². The van der Waals surface area contributed by atoms with Gasteiger partial charge in [0.2, 0.25) is 5.88 Å². The molecule has 2 unspecified atom stereocenters. The van der Waals surface area contributed by atoms with Gasteiger partial charge in [-0.15, -0.1) is 0 Å². The van der Waals surface area contributed by atoms with Crippen LogP contribution in [0.3, 0.4) is 0 Å². The van der Waals surface area contributed by atoms with Crippen molar-refractivity contribution in [1.82, 2.24) is 10.1 Å². The highest BCUT2D eigenvalue weighted by atomic mass is 79.9. The first kappa shape index (κ1) is 20.3. The van der Waals surface area contributed by atoms with Crippen LogP contribution in [0.5, 0.6) is 11.6 Å². The zero-order valence-corrected chi connectivity index (χ0v) is 19.5. The number of rotatable bonds is 5. The molecule has 1 N–H and O–H groups in total. The SMILES string of the molecule is COc1ccnc(OC)c1S(=O)(=O)Nc1noc2c1CC1(CC1C)c1ccc(Br)cc1-2. The van der Waals surface area contributed by atoms with Crippen LogP contribution in [-0.4, -0.2) is 32.8 Å². The van der Waals surface area contributed by atoms with Crippen LogP contribution in [0.2, 0.25) is 0 Å². The summed E-state index contributed by atoms with van der Waals surface area (Å²) in [5.74, 6) is 1.30.